The van der Waals surface area contributed by atoms with Crippen LogP contribution < -0.4 is 0 Å². The first kappa shape index (κ1) is 13.0. The summed E-state index contributed by atoms with van der Waals surface area (Å²) in [6, 6.07) is 0. The van der Waals surface area contributed by atoms with E-state index in [0.29, 0.717) is 12.4 Å². The molecule has 76 valence electrons. The van der Waals surface area contributed by atoms with Gasteiger partial charge in [0.2, 0.25) is 5.12 Å². The van der Waals surface area contributed by atoms with E-state index >= 15 is 0 Å². The predicted octanol–water partition coefficient (Wildman–Crippen LogP) is 2.44. The number of carbonyl (C=O) groups excluding carboxylic acids is 1. The van der Waals surface area contributed by atoms with E-state index in [0.717, 1.165) is 5.71 Å². The van der Waals surface area contributed by atoms with Crippen LogP contribution in [0.1, 0.15) is 20.8 Å². The van der Waals surface area contributed by atoms with Crippen LogP contribution in [0, 0.1) is 0 Å². The Kier molecular flexibility index (Phi) is 7.36. The van der Waals surface area contributed by atoms with Gasteiger partial charge >= 0.3 is 0 Å². The first-order valence-electron chi connectivity index (χ1n) is 3.98. The third kappa shape index (κ3) is 8.30. The molecule has 0 saturated heterocycles. The van der Waals surface area contributed by atoms with Crippen LogP contribution in [0.4, 0.5) is 0 Å². The number of carbonyl (C=O) groups is 1. The van der Waals surface area contributed by atoms with Crippen molar-refractivity contribution in [2.75, 3.05) is 12.4 Å². The molecule has 1 unspecified atom stereocenters. The zero-order chi connectivity index (χ0) is 10.3. The van der Waals surface area contributed by atoms with Crippen LogP contribution in [0.3, 0.4) is 0 Å². The van der Waals surface area contributed by atoms with Gasteiger partial charge in [0.1, 0.15) is 6.61 Å². The van der Waals surface area contributed by atoms with Crippen molar-refractivity contribution in [2.24, 2.45) is 5.16 Å². The molecule has 0 radical (unpaired) electrons. The summed E-state index contributed by atoms with van der Waals surface area (Å²) in [7, 11) is 0. The maximum Gasteiger partial charge on any atom is 0.202 e. The number of halogens is 1. The van der Waals surface area contributed by atoms with Crippen molar-refractivity contribution in [1.29, 1.82) is 0 Å². The first-order valence-corrected chi connectivity index (χ1v) is 5.88. The molecule has 5 heteroatoms. The van der Waals surface area contributed by atoms with Crippen molar-refractivity contribution in [2.45, 2.75) is 25.6 Å². The summed E-state index contributed by atoms with van der Waals surface area (Å²) in [5.74, 6) is 0.644. The van der Waals surface area contributed by atoms with Crippen LogP contribution in [0.2, 0.25) is 0 Å². The molecule has 3 nitrogen and oxygen atoms in total. The van der Waals surface area contributed by atoms with Gasteiger partial charge in [-0.15, -0.1) is 0 Å². The molecule has 0 N–H and O–H groups in total. The highest BCUT2D eigenvalue weighted by Crippen LogP contribution is 2.11. The van der Waals surface area contributed by atoms with Crippen molar-refractivity contribution in [3.05, 3.63) is 0 Å². The highest BCUT2D eigenvalue weighted by atomic mass is 79.9. The lowest BCUT2D eigenvalue weighted by atomic mass is 10.5. The number of nitrogens with zero attached hydrogens (tertiary/aromatic N) is 1. The zero-order valence-corrected chi connectivity index (χ0v) is 10.4. The van der Waals surface area contributed by atoms with Gasteiger partial charge in [-0.25, -0.2) is 0 Å². The Morgan fingerprint density at radius 2 is 2.23 bits per heavy atom. The average Bonchev–Trinajstić information content (AvgIpc) is 2.02. The van der Waals surface area contributed by atoms with Crippen molar-refractivity contribution in [3.8, 4) is 0 Å². The van der Waals surface area contributed by atoms with Gasteiger partial charge in [-0.05, 0) is 20.8 Å². The van der Waals surface area contributed by atoms with Gasteiger partial charge in [0, 0.05) is 5.75 Å². The summed E-state index contributed by atoms with van der Waals surface area (Å²) in [4.78, 5) is 15.9. The molecule has 0 bridgehead atoms. The molecule has 0 amide bonds. The standard InChI is InChI=1S/C8H14BrNO2S/c1-6(2)10-12-4-5-13-8(11)7(3)9/h7H,4-5H2,1-3H3. The van der Waals surface area contributed by atoms with Gasteiger partial charge in [0.15, 0.2) is 0 Å². The quantitative estimate of drug-likeness (QED) is 0.333. The van der Waals surface area contributed by atoms with E-state index in [1.54, 1.807) is 0 Å². The summed E-state index contributed by atoms with van der Waals surface area (Å²) in [6.07, 6.45) is 0. The van der Waals surface area contributed by atoms with Crippen LogP contribution in [0.25, 0.3) is 0 Å². The average molecular weight is 268 g/mol. The molecule has 0 aliphatic rings. The summed E-state index contributed by atoms with van der Waals surface area (Å²) in [6.45, 7) is 6.00. The van der Waals surface area contributed by atoms with Crippen LogP contribution in [-0.2, 0) is 9.63 Å². The molecule has 0 aromatic rings. The van der Waals surface area contributed by atoms with Gasteiger partial charge in [-0.1, -0.05) is 32.8 Å². The Bertz CT molecular complexity index is 191. The van der Waals surface area contributed by atoms with Gasteiger partial charge in [-0.3, -0.25) is 4.79 Å². The monoisotopic (exact) mass is 267 g/mol. The summed E-state index contributed by atoms with van der Waals surface area (Å²) >= 11 is 4.45. The van der Waals surface area contributed by atoms with Crippen LogP contribution in [0.15, 0.2) is 5.16 Å². The normalized spacial score (nSPS) is 12.0. The third-order valence-electron chi connectivity index (χ3n) is 0.991. The summed E-state index contributed by atoms with van der Waals surface area (Å²) in [5.41, 5.74) is 0.880. The molecular formula is C8H14BrNO2S. The second-order valence-electron chi connectivity index (χ2n) is 2.66. The van der Waals surface area contributed by atoms with Gasteiger partial charge in [0.25, 0.3) is 0 Å². The number of alkyl halides is 1. The lowest BCUT2D eigenvalue weighted by molar-refractivity contribution is -0.110. The second kappa shape index (κ2) is 7.38. The molecule has 0 heterocycles. The van der Waals surface area contributed by atoms with Crippen LogP contribution in [0.5, 0.6) is 0 Å². The first-order chi connectivity index (χ1) is 6.04. The van der Waals surface area contributed by atoms with E-state index in [9.17, 15) is 4.79 Å². The number of hydrogen-bond donors (Lipinski definition) is 0. The topological polar surface area (TPSA) is 38.7 Å². The molecule has 13 heavy (non-hydrogen) atoms. The largest absolute Gasteiger partial charge is 0.395 e. The van der Waals surface area contributed by atoms with E-state index in [1.165, 1.54) is 11.8 Å². The lowest BCUT2D eigenvalue weighted by Gasteiger charge is -2.01. The molecule has 1 atom stereocenters. The van der Waals surface area contributed by atoms with E-state index in [2.05, 4.69) is 21.1 Å². The second-order valence-corrected chi connectivity index (χ2v) is 5.13. The number of rotatable bonds is 5. The number of thioether (sulfide) groups is 1. The highest BCUT2D eigenvalue weighted by molar-refractivity contribution is 9.10. The minimum Gasteiger partial charge on any atom is -0.395 e. The molecule has 0 saturated carbocycles. The van der Waals surface area contributed by atoms with E-state index in [1.807, 2.05) is 20.8 Å². The Balaban J connectivity index is 3.36. The lowest BCUT2D eigenvalue weighted by Crippen LogP contribution is -2.06. The molecular weight excluding hydrogens is 254 g/mol. The fraction of sp³-hybridized carbons (Fsp3) is 0.750. The minimum absolute atomic E-state index is 0.0890. The molecule has 0 spiro atoms. The molecule has 0 aromatic heterocycles. The molecule has 0 fully saturated rings. The van der Waals surface area contributed by atoms with E-state index in [-0.39, 0.29) is 9.94 Å². The Hall–Kier alpha value is -0.0300. The van der Waals surface area contributed by atoms with Crippen LogP contribution >= 0.6 is 27.7 Å². The summed E-state index contributed by atoms with van der Waals surface area (Å²) in [5, 5.41) is 3.87. The summed E-state index contributed by atoms with van der Waals surface area (Å²) < 4.78 is 0. The Morgan fingerprint density at radius 1 is 1.62 bits per heavy atom. The van der Waals surface area contributed by atoms with Crippen molar-refractivity contribution < 1.29 is 9.63 Å². The van der Waals surface area contributed by atoms with E-state index in [4.69, 9.17) is 4.84 Å². The fourth-order valence-electron chi connectivity index (χ4n) is 0.469. The maximum atomic E-state index is 11.1. The molecule has 0 rings (SSSR count). The van der Waals surface area contributed by atoms with Crippen molar-refractivity contribution in [1.82, 2.24) is 0 Å². The van der Waals surface area contributed by atoms with E-state index < -0.39 is 0 Å². The maximum absolute atomic E-state index is 11.1. The zero-order valence-electron chi connectivity index (χ0n) is 8.04. The van der Waals surface area contributed by atoms with Gasteiger partial charge < -0.3 is 4.84 Å². The van der Waals surface area contributed by atoms with Crippen molar-refractivity contribution in [3.63, 3.8) is 0 Å². The van der Waals surface area contributed by atoms with Crippen LogP contribution in [-0.4, -0.2) is 28.0 Å². The van der Waals surface area contributed by atoms with Gasteiger partial charge in [0.05, 0.1) is 10.5 Å². The van der Waals surface area contributed by atoms with Crippen molar-refractivity contribution >= 4 is 38.5 Å². The molecule has 0 aliphatic carbocycles. The van der Waals surface area contributed by atoms with Gasteiger partial charge in [-0.2, -0.15) is 0 Å². The SMILES string of the molecule is CC(C)=NOCCSC(=O)C(C)Br. The Labute approximate surface area is 91.4 Å². The molecule has 0 aliphatic heterocycles. The predicted molar refractivity (Wildman–Crippen MR) is 60.6 cm³/mol. The third-order valence-corrected chi connectivity index (χ3v) is 2.72. The fourth-order valence-corrected chi connectivity index (χ4v) is 1.45. The minimum atomic E-state index is -0.0890. The highest BCUT2D eigenvalue weighted by Gasteiger charge is 2.08. The Morgan fingerprint density at radius 3 is 2.69 bits per heavy atom. The number of hydrogen-bond acceptors (Lipinski definition) is 4. The number of oxime groups is 1. The molecule has 0 aromatic carbocycles. The smallest absolute Gasteiger partial charge is 0.202 e.